The van der Waals surface area contributed by atoms with Crippen molar-refractivity contribution in [3.8, 4) is 5.69 Å². The molecule has 2 heterocycles. The summed E-state index contributed by atoms with van der Waals surface area (Å²) < 4.78 is 55.2. The largest absolute Gasteiger partial charge is 0.435 e. The molecule has 0 saturated carbocycles. The van der Waals surface area contributed by atoms with Crippen LogP contribution in [0, 0.1) is 5.82 Å². The quantitative estimate of drug-likeness (QED) is 0.745. The molecule has 11 heteroatoms. The van der Waals surface area contributed by atoms with Gasteiger partial charge in [0, 0.05) is 25.6 Å². The summed E-state index contributed by atoms with van der Waals surface area (Å²) in [6.45, 7) is 2.18. The van der Waals surface area contributed by atoms with E-state index in [4.69, 9.17) is 0 Å². The number of rotatable bonds is 5. The Morgan fingerprint density at radius 1 is 1.30 bits per heavy atom. The molecule has 0 bridgehead atoms. The number of benzene rings is 1. The lowest BCUT2D eigenvalue weighted by Gasteiger charge is -2.33. The molecule has 0 spiro atoms. The van der Waals surface area contributed by atoms with E-state index in [-0.39, 0.29) is 30.7 Å². The zero-order valence-electron chi connectivity index (χ0n) is 16.2. The predicted molar refractivity (Wildman–Crippen MR) is 98.3 cm³/mol. The Bertz CT molecular complexity index is 928. The van der Waals surface area contributed by atoms with Crippen LogP contribution in [0.2, 0.25) is 0 Å². The van der Waals surface area contributed by atoms with Gasteiger partial charge in [0.25, 0.3) is 5.91 Å². The molecule has 0 aliphatic carbocycles. The van der Waals surface area contributed by atoms with E-state index in [2.05, 4.69) is 15.6 Å². The molecular weight excluding hydrogens is 406 g/mol. The molecule has 1 aromatic carbocycles. The summed E-state index contributed by atoms with van der Waals surface area (Å²) in [5, 5.41) is 9.74. The van der Waals surface area contributed by atoms with Crippen LogP contribution >= 0.6 is 0 Å². The monoisotopic (exact) mass is 427 g/mol. The standard InChI is InChI=1S/C19H21F4N5O2/c1-2-5-15(29)24-13-7-4-9-27(11-13)18(30)16-17(19(21,22)23)28(26-25-16)14-8-3-6-12(20)10-14/h3,6,8,10,13H,2,4-5,7,9,11H2,1H3,(H,24,29). The van der Waals surface area contributed by atoms with Gasteiger partial charge in [-0.2, -0.15) is 13.2 Å². The van der Waals surface area contributed by atoms with E-state index in [9.17, 15) is 27.2 Å². The first-order valence-electron chi connectivity index (χ1n) is 9.58. The lowest BCUT2D eigenvalue weighted by Crippen LogP contribution is -2.49. The first-order valence-corrected chi connectivity index (χ1v) is 9.58. The van der Waals surface area contributed by atoms with Gasteiger partial charge >= 0.3 is 6.18 Å². The molecule has 2 aromatic rings. The lowest BCUT2D eigenvalue weighted by molar-refractivity contribution is -0.143. The third-order valence-corrected chi connectivity index (χ3v) is 4.74. The van der Waals surface area contributed by atoms with E-state index in [1.54, 1.807) is 0 Å². The summed E-state index contributed by atoms with van der Waals surface area (Å²) >= 11 is 0. The Kier molecular flexibility index (Phi) is 6.37. The minimum Gasteiger partial charge on any atom is -0.352 e. The van der Waals surface area contributed by atoms with Crippen molar-refractivity contribution in [1.29, 1.82) is 0 Å². The highest BCUT2D eigenvalue weighted by Gasteiger charge is 2.43. The van der Waals surface area contributed by atoms with Gasteiger partial charge in [-0.3, -0.25) is 9.59 Å². The van der Waals surface area contributed by atoms with Crippen LogP contribution in [-0.2, 0) is 11.0 Å². The van der Waals surface area contributed by atoms with Crippen LogP contribution in [-0.4, -0.2) is 50.8 Å². The second kappa shape index (κ2) is 8.80. The van der Waals surface area contributed by atoms with Crippen molar-refractivity contribution in [3.63, 3.8) is 0 Å². The number of alkyl halides is 3. The number of nitrogens with zero attached hydrogens (tertiary/aromatic N) is 4. The van der Waals surface area contributed by atoms with E-state index >= 15 is 0 Å². The molecule has 0 radical (unpaired) electrons. The highest BCUT2D eigenvalue weighted by molar-refractivity contribution is 5.93. The molecule has 162 valence electrons. The van der Waals surface area contributed by atoms with Crippen molar-refractivity contribution in [3.05, 3.63) is 41.5 Å². The SMILES string of the molecule is CCCC(=O)NC1CCCN(C(=O)c2nnn(-c3cccc(F)c3)c2C(F)(F)F)C1. The highest BCUT2D eigenvalue weighted by Crippen LogP contribution is 2.33. The molecule has 1 aliphatic rings. The van der Waals surface area contributed by atoms with E-state index in [1.165, 1.54) is 17.0 Å². The zero-order chi connectivity index (χ0) is 21.9. The van der Waals surface area contributed by atoms with Crippen molar-refractivity contribution in [1.82, 2.24) is 25.2 Å². The number of hydrogen-bond acceptors (Lipinski definition) is 4. The molecule has 1 N–H and O–H groups in total. The van der Waals surface area contributed by atoms with Crippen LogP contribution < -0.4 is 5.32 Å². The number of piperidine rings is 1. The Labute approximate surface area is 170 Å². The Hall–Kier alpha value is -2.98. The molecule has 1 aliphatic heterocycles. The van der Waals surface area contributed by atoms with Crippen LogP contribution in [0.15, 0.2) is 24.3 Å². The number of hydrogen-bond donors (Lipinski definition) is 1. The summed E-state index contributed by atoms with van der Waals surface area (Å²) in [7, 11) is 0. The third kappa shape index (κ3) is 4.77. The normalized spacial score (nSPS) is 17.1. The second-order valence-corrected chi connectivity index (χ2v) is 7.08. The van der Waals surface area contributed by atoms with Gasteiger partial charge < -0.3 is 10.2 Å². The fourth-order valence-electron chi connectivity index (χ4n) is 3.42. The maximum Gasteiger partial charge on any atom is 0.435 e. The van der Waals surface area contributed by atoms with Crippen molar-refractivity contribution in [2.75, 3.05) is 13.1 Å². The van der Waals surface area contributed by atoms with E-state index in [1.807, 2.05) is 6.92 Å². The van der Waals surface area contributed by atoms with Gasteiger partial charge in [0.1, 0.15) is 5.82 Å². The molecule has 3 rings (SSSR count). The maximum atomic E-state index is 13.8. The van der Waals surface area contributed by atoms with Crippen molar-refractivity contribution in [2.45, 2.75) is 44.8 Å². The summed E-state index contributed by atoms with van der Waals surface area (Å²) in [6, 6.07) is 4.09. The minimum atomic E-state index is -4.94. The molecule has 30 heavy (non-hydrogen) atoms. The first kappa shape index (κ1) is 21.7. The smallest absolute Gasteiger partial charge is 0.352 e. The van der Waals surface area contributed by atoms with E-state index < -0.39 is 29.3 Å². The second-order valence-electron chi connectivity index (χ2n) is 7.08. The molecular formula is C19H21F4N5O2. The average Bonchev–Trinajstić information content (AvgIpc) is 3.13. The molecule has 1 unspecified atom stereocenters. The van der Waals surface area contributed by atoms with Crippen LogP contribution in [0.1, 0.15) is 48.8 Å². The van der Waals surface area contributed by atoms with E-state index in [0.717, 1.165) is 12.1 Å². The van der Waals surface area contributed by atoms with Crippen LogP contribution in [0.4, 0.5) is 17.6 Å². The fourth-order valence-corrected chi connectivity index (χ4v) is 3.42. The number of amides is 2. The highest BCUT2D eigenvalue weighted by atomic mass is 19.4. The Morgan fingerprint density at radius 3 is 2.73 bits per heavy atom. The minimum absolute atomic E-state index is 0.0818. The van der Waals surface area contributed by atoms with Crippen LogP contribution in [0.3, 0.4) is 0 Å². The van der Waals surface area contributed by atoms with Gasteiger partial charge in [0.15, 0.2) is 11.4 Å². The number of halogens is 4. The lowest BCUT2D eigenvalue weighted by atomic mass is 10.0. The molecule has 1 saturated heterocycles. The summed E-state index contributed by atoms with van der Waals surface area (Å²) in [4.78, 5) is 25.9. The van der Waals surface area contributed by atoms with Crippen molar-refractivity contribution in [2.24, 2.45) is 0 Å². The summed E-state index contributed by atoms with van der Waals surface area (Å²) in [6.07, 6.45) is -2.78. The van der Waals surface area contributed by atoms with Crippen LogP contribution in [0.25, 0.3) is 5.69 Å². The molecule has 2 amide bonds. The molecule has 7 nitrogen and oxygen atoms in total. The summed E-state index contributed by atoms with van der Waals surface area (Å²) in [5.41, 5.74) is -2.42. The topological polar surface area (TPSA) is 80.1 Å². The Morgan fingerprint density at radius 2 is 2.07 bits per heavy atom. The fraction of sp³-hybridized carbons (Fsp3) is 0.474. The number of nitrogens with one attached hydrogen (secondary N) is 1. The summed E-state index contributed by atoms with van der Waals surface area (Å²) in [5.74, 6) is -1.84. The average molecular weight is 427 g/mol. The molecule has 1 fully saturated rings. The molecule has 1 aromatic heterocycles. The van der Waals surface area contributed by atoms with Gasteiger partial charge in [-0.15, -0.1) is 5.10 Å². The van der Waals surface area contributed by atoms with E-state index in [0.29, 0.717) is 30.4 Å². The number of likely N-dealkylation sites (tertiary alicyclic amines) is 1. The van der Waals surface area contributed by atoms with Gasteiger partial charge in [-0.25, -0.2) is 9.07 Å². The first-order chi connectivity index (χ1) is 14.2. The van der Waals surface area contributed by atoms with Gasteiger partial charge in [0.05, 0.1) is 5.69 Å². The van der Waals surface area contributed by atoms with Gasteiger partial charge in [-0.1, -0.05) is 18.2 Å². The van der Waals surface area contributed by atoms with Crippen molar-refractivity contribution >= 4 is 11.8 Å². The van der Waals surface area contributed by atoms with Crippen LogP contribution in [0.5, 0.6) is 0 Å². The third-order valence-electron chi connectivity index (χ3n) is 4.74. The van der Waals surface area contributed by atoms with Gasteiger partial charge in [0.2, 0.25) is 5.91 Å². The number of carbonyl (C=O) groups is 2. The number of aromatic nitrogens is 3. The predicted octanol–water partition coefficient (Wildman–Crippen LogP) is 2.95. The Balaban J connectivity index is 1.88. The maximum absolute atomic E-state index is 13.8. The van der Waals surface area contributed by atoms with Crippen molar-refractivity contribution < 1.29 is 27.2 Å². The van der Waals surface area contributed by atoms with Gasteiger partial charge in [-0.05, 0) is 37.5 Å². The zero-order valence-corrected chi connectivity index (χ0v) is 16.2. The number of carbonyl (C=O) groups excluding carboxylic acids is 2. The molecule has 1 atom stereocenters.